The molecule has 0 bridgehead atoms. The molecule has 0 saturated heterocycles. The Morgan fingerprint density at radius 1 is 1.21 bits per heavy atom. The fourth-order valence-corrected chi connectivity index (χ4v) is 5.28. The number of methoxy groups -OCH3 is 1. The molecule has 6 nitrogen and oxygen atoms in total. The first-order valence-corrected chi connectivity index (χ1v) is 12.5. The van der Waals surface area contributed by atoms with E-state index in [1.165, 1.54) is 11.3 Å². The van der Waals surface area contributed by atoms with Crippen molar-refractivity contribution in [3.05, 3.63) is 90.6 Å². The van der Waals surface area contributed by atoms with E-state index in [-0.39, 0.29) is 12.2 Å². The lowest BCUT2D eigenvalue weighted by molar-refractivity contribution is -0.139. The molecule has 0 unspecified atom stereocenters. The van der Waals surface area contributed by atoms with Crippen LogP contribution in [0.2, 0.25) is 0 Å². The molecule has 8 heteroatoms. The number of esters is 1. The lowest BCUT2D eigenvalue weighted by Crippen LogP contribution is -2.40. The van der Waals surface area contributed by atoms with Gasteiger partial charge in [0.05, 0.1) is 29.5 Å². The van der Waals surface area contributed by atoms with Crippen LogP contribution >= 0.6 is 23.1 Å². The molecule has 33 heavy (non-hydrogen) atoms. The van der Waals surface area contributed by atoms with E-state index in [1.54, 1.807) is 37.3 Å². The maximum absolute atomic E-state index is 13.6. The molecule has 1 aliphatic rings. The van der Waals surface area contributed by atoms with Gasteiger partial charge < -0.3 is 9.47 Å². The molecule has 0 fully saturated rings. The average Bonchev–Trinajstić information content (AvgIpc) is 3.13. The Hall–Kier alpha value is -3.10. The molecule has 0 amide bonds. The van der Waals surface area contributed by atoms with Crippen molar-refractivity contribution in [3.8, 4) is 5.75 Å². The van der Waals surface area contributed by atoms with Crippen molar-refractivity contribution in [1.29, 1.82) is 0 Å². The van der Waals surface area contributed by atoms with E-state index in [0.717, 1.165) is 10.5 Å². The van der Waals surface area contributed by atoms with Crippen LogP contribution in [-0.2, 0) is 9.53 Å². The minimum atomic E-state index is -0.697. The van der Waals surface area contributed by atoms with Crippen molar-refractivity contribution >= 4 is 35.1 Å². The first-order chi connectivity index (χ1) is 16.0. The van der Waals surface area contributed by atoms with Crippen molar-refractivity contribution < 1.29 is 14.3 Å². The van der Waals surface area contributed by atoms with Crippen LogP contribution in [0.25, 0.3) is 6.08 Å². The molecule has 170 valence electrons. The number of para-hydroxylation sites is 1. The number of fused-ring (bicyclic) bond motifs is 1. The van der Waals surface area contributed by atoms with Gasteiger partial charge >= 0.3 is 5.97 Å². The highest BCUT2D eigenvalue weighted by atomic mass is 32.2. The van der Waals surface area contributed by atoms with E-state index in [0.29, 0.717) is 31.9 Å². The highest BCUT2D eigenvalue weighted by Gasteiger charge is 2.34. The van der Waals surface area contributed by atoms with Crippen LogP contribution in [0.1, 0.15) is 31.0 Å². The van der Waals surface area contributed by atoms with Crippen molar-refractivity contribution in [2.45, 2.75) is 24.8 Å². The molecule has 1 aromatic heterocycles. The Morgan fingerprint density at radius 3 is 2.61 bits per heavy atom. The molecule has 3 aromatic rings. The van der Waals surface area contributed by atoms with Crippen LogP contribution < -0.4 is 19.6 Å². The van der Waals surface area contributed by atoms with Gasteiger partial charge in [0, 0.05) is 10.5 Å². The van der Waals surface area contributed by atoms with Crippen molar-refractivity contribution in [1.82, 2.24) is 4.57 Å². The summed E-state index contributed by atoms with van der Waals surface area (Å²) < 4.78 is 13.0. The number of benzene rings is 2. The zero-order valence-corrected chi connectivity index (χ0v) is 20.5. The number of thioether (sulfide) groups is 1. The number of carbonyl (C=O) groups is 1. The monoisotopic (exact) mass is 480 g/mol. The van der Waals surface area contributed by atoms with E-state index >= 15 is 0 Å². The highest BCUT2D eigenvalue weighted by Crippen LogP contribution is 2.35. The number of hydrogen-bond acceptors (Lipinski definition) is 7. The van der Waals surface area contributed by atoms with Crippen LogP contribution in [0, 0.1) is 0 Å². The predicted octanol–water partition coefficient (Wildman–Crippen LogP) is 3.53. The molecule has 0 aliphatic carbocycles. The summed E-state index contributed by atoms with van der Waals surface area (Å²) in [5.41, 5.74) is 2.28. The van der Waals surface area contributed by atoms with Crippen LogP contribution in [-0.4, -0.2) is 30.5 Å². The van der Waals surface area contributed by atoms with Crippen LogP contribution in [0.5, 0.6) is 5.75 Å². The largest absolute Gasteiger partial charge is 0.496 e. The molecule has 0 saturated carbocycles. The van der Waals surface area contributed by atoms with Gasteiger partial charge in [-0.1, -0.05) is 41.7 Å². The average molecular weight is 481 g/mol. The van der Waals surface area contributed by atoms with E-state index in [2.05, 4.69) is 4.99 Å². The summed E-state index contributed by atoms with van der Waals surface area (Å²) in [6.07, 6.45) is 3.88. The fourth-order valence-electron chi connectivity index (χ4n) is 3.83. The minimum absolute atomic E-state index is 0.210. The summed E-state index contributed by atoms with van der Waals surface area (Å²) in [6.45, 7) is 3.75. The summed E-state index contributed by atoms with van der Waals surface area (Å²) in [5.74, 6) is 0.0952. The standard InChI is InChI=1S/C25H24N2O4S2/c1-5-31-24(29)21-15(2)26-25-27(22(21)18-8-6-7-9-19(18)30-3)23(28)20(33-25)14-16-10-12-17(32-4)13-11-16/h6-14,22H,5H2,1-4H3/b20-14+/t22-/m0/s1. The van der Waals surface area contributed by atoms with Crippen LogP contribution in [0.4, 0.5) is 0 Å². The second-order valence-corrected chi connectivity index (χ2v) is 9.21. The molecule has 2 heterocycles. The van der Waals surface area contributed by atoms with E-state index in [1.807, 2.05) is 60.9 Å². The zero-order chi connectivity index (χ0) is 23.5. The molecule has 4 rings (SSSR count). The van der Waals surface area contributed by atoms with Gasteiger partial charge in [-0.15, -0.1) is 11.8 Å². The van der Waals surface area contributed by atoms with Gasteiger partial charge in [-0.25, -0.2) is 9.79 Å². The van der Waals surface area contributed by atoms with E-state index in [4.69, 9.17) is 9.47 Å². The van der Waals surface area contributed by atoms with Gasteiger partial charge in [0.15, 0.2) is 4.80 Å². The third kappa shape index (κ3) is 4.41. The lowest BCUT2D eigenvalue weighted by Gasteiger charge is -2.25. The molecule has 0 N–H and O–H groups in total. The number of hydrogen-bond donors (Lipinski definition) is 0. The number of carbonyl (C=O) groups excluding carboxylic acids is 1. The molecular formula is C25H24N2O4S2. The number of thiazole rings is 1. The maximum atomic E-state index is 13.6. The van der Waals surface area contributed by atoms with Gasteiger partial charge in [0.1, 0.15) is 11.8 Å². The summed E-state index contributed by atoms with van der Waals surface area (Å²) in [7, 11) is 1.57. The summed E-state index contributed by atoms with van der Waals surface area (Å²) in [5, 5.41) is 0. The van der Waals surface area contributed by atoms with Gasteiger partial charge in [0.25, 0.3) is 5.56 Å². The van der Waals surface area contributed by atoms with E-state index < -0.39 is 12.0 Å². The zero-order valence-electron chi connectivity index (χ0n) is 18.8. The number of aromatic nitrogens is 1. The van der Waals surface area contributed by atoms with Gasteiger partial charge in [-0.2, -0.15) is 0 Å². The molecule has 1 atom stereocenters. The van der Waals surface area contributed by atoms with Crippen LogP contribution in [0.3, 0.4) is 0 Å². The normalized spacial score (nSPS) is 15.8. The Labute approximate surface area is 199 Å². The molecule has 0 radical (unpaired) electrons. The number of nitrogens with zero attached hydrogens (tertiary/aromatic N) is 2. The number of ether oxygens (including phenoxy) is 2. The Balaban J connectivity index is 1.95. The molecule has 2 aromatic carbocycles. The smallest absolute Gasteiger partial charge is 0.338 e. The molecule has 0 spiro atoms. The fraction of sp³-hybridized carbons (Fsp3) is 0.240. The van der Waals surface area contributed by atoms with E-state index in [9.17, 15) is 9.59 Å². The summed E-state index contributed by atoms with van der Waals surface area (Å²) in [6, 6.07) is 14.7. The third-order valence-corrected chi connectivity index (χ3v) is 7.09. The second-order valence-electron chi connectivity index (χ2n) is 7.32. The van der Waals surface area contributed by atoms with Gasteiger partial charge in [0.2, 0.25) is 0 Å². The summed E-state index contributed by atoms with van der Waals surface area (Å²) >= 11 is 2.97. The predicted molar refractivity (Wildman–Crippen MR) is 132 cm³/mol. The Bertz CT molecular complexity index is 1400. The van der Waals surface area contributed by atoms with Gasteiger partial charge in [-0.3, -0.25) is 9.36 Å². The van der Waals surface area contributed by atoms with Crippen molar-refractivity contribution in [3.63, 3.8) is 0 Å². The first kappa shape index (κ1) is 23.1. The maximum Gasteiger partial charge on any atom is 0.338 e. The number of allylic oxidation sites excluding steroid dienone is 1. The molecular weight excluding hydrogens is 456 g/mol. The second kappa shape index (κ2) is 9.80. The molecule has 1 aliphatic heterocycles. The van der Waals surface area contributed by atoms with Crippen LogP contribution in [0.15, 0.2) is 74.5 Å². The first-order valence-electron chi connectivity index (χ1n) is 10.4. The van der Waals surface area contributed by atoms with Gasteiger partial charge in [-0.05, 0) is 49.9 Å². The Kier molecular flexibility index (Phi) is 6.85. The quantitative estimate of drug-likeness (QED) is 0.399. The third-order valence-electron chi connectivity index (χ3n) is 5.36. The summed E-state index contributed by atoms with van der Waals surface area (Å²) in [4.78, 5) is 32.9. The number of rotatable bonds is 6. The minimum Gasteiger partial charge on any atom is -0.496 e. The van der Waals surface area contributed by atoms with Crippen molar-refractivity contribution in [2.75, 3.05) is 20.0 Å². The van der Waals surface area contributed by atoms with Crippen molar-refractivity contribution in [2.24, 2.45) is 4.99 Å². The Morgan fingerprint density at radius 2 is 1.94 bits per heavy atom. The lowest BCUT2D eigenvalue weighted by atomic mass is 9.95. The highest BCUT2D eigenvalue weighted by molar-refractivity contribution is 7.98. The topological polar surface area (TPSA) is 69.9 Å². The SMILES string of the molecule is CCOC(=O)C1=C(C)N=c2s/c(=C/c3ccc(SC)cc3)c(=O)n2[C@H]1c1ccccc1OC.